The summed E-state index contributed by atoms with van der Waals surface area (Å²) in [5.41, 5.74) is 7.21. The lowest BCUT2D eigenvalue weighted by molar-refractivity contribution is -0.142. The largest absolute Gasteiger partial charge is 0.466 e. The average molecular weight is 226 g/mol. The standard InChI is InChI=1S/C10H18N4O2/c1-4-16-8(15)5-6-12-10-9(11)7(2)13-14(10)3/h12H,4-6,11H2,1-3H3. The number of aryl methyl sites for hydroxylation is 2. The van der Waals surface area contributed by atoms with Gasteiger partial charge in [0.1, 0.15) is 5.82 Å². The third-order valence-electron chi connectivity index (χ3n) is 2.20. The molecule has 16 heavy (non-hydrogen) atoms. The summed E-state index contributed by atoms with van der Waals surface area (Å²) in [6.45, 7) is 4.52. The molecule has 0 atom stereocenters. The first-order valence-electron chi connectivity index (χ1n) is 5.24. The topological polar surface area (TPSA) is 82.2 Å². The van der Waals surface area contributed by atoms with E-state index in [4.69, 9.17) is 10.5 Å². The predicted molar refractivity (Wildman–Crippen MR) is 62.1 cm³/mol. The monoisotopic (exact) mass is 226 g/mol. The maximum Gasteiger partial charge on any atom is 0.307 e. The van der Waals surface area contributed by atoms with Crippen LogP contribution in [0.3, 0.4) is 0 Å². The number of aromatic nitrogens is 2. The third-order valence-corrected chi connectivity index (χ3v) is 2.20. The Balaban J connectivity index is 2.46. The molecule has 0 aliphatic rings. The summed E-state index contributed by atoms with van der Waals surface area (Å²) in [6, 6.07) is 0. The molecule has 6 heteroatoms. The van der Waals surface area contributed by atoms with E-state index >= 15 is 0 Å². The summed E-state index contributed by atoms with van der Waals surface area (Å²) in [6.07, 6.45) is 0.317. The van der Waals surface area contributed by atoms with Gasteiger partial charge in [-0.15, -0.1) is 0 Å². The van der Waals surface area contributed by atoms with E-state index in [1.807, 2.05) is 6.92 Å². The molecule has 0 saturated heterocycles. The van der Waals surface area contributed by atoms with Crippen molar-refractivity contribution in [2.24, 2.45) is 7.05 Å². The van der Waals surface area contributed by atoms with Crippen molar-refractivity contribution in [1.29, 1.82) is 0 Å². The van der Waals surface area contributed by atoms with Gasteiger partial charge in [0, 0.05) is 13.6 Å². The Bertz CT molecular complexity index is 373. The van der Waals surface area contributed by atoms with Crippen LogP contribution in [0.15, 0.2) is 0 Å². The van der Waals surface area contributed by atoms with Gasteiger partial charge >= 0.3 is 5.97 Å². The van der Waals surface area contributed by atoms with Crippen molar-refractivity contribution in [2.75, 3.05) is 24.2 Å². The number of carbonyl (C=O) groups excluding carboxylic acids is 1. The first kappa shape index (κ1) is 12.4. The van der Waals surface area contributed by atoms with Crippen LogP contribution in [0.4, 0.5) is 11.5 Å². The summed E-state index contributed by atoms with van der Waals surface area (Å²) >= 11 is 0. The fourth-order valence-electron chi connectivity index (χ4n) is 1.40. The van der Waals surface area contributed by atoms with Crippen LogP contribution in [-0.2, 0) is 16.6 Å². The Labute approximate surface area is 94.8 Å². The molecule has 0 fully saturated rings. The highest BCUT2D eigenvalue weighted by Crippen LogP contribution is 2.20. The normalized spacial score (nSPS) is 10.2. The van der Waals surface area contributed by atoms with E-state index in [9.17, 15) is 4.79 Å². The summed E-state index contributed by atoms with van der Waals surface area (Å²) in [5, 5.41) is 7.22. The van der Waals surface area contributed by atoms with E-state index in [0.717, 1.165) is 11.5 Å². The molecule has 90 valence electrons. The lowest BCUT2D eigenvalue weighted by atomic mass is 10.3. The highest BCUT2D eigenvalue weighted by molar-refractivity contribution is 5.71. The lowest BCUT2D eigenvalue weighted by Gasteiger charge is -2.07. The average Bonchev–Trinajstić information content (AvgIpc) is 2.45. The van der Waals surface area contributed by atoms with E-state index in [1.165, 1.54) is 0 Å². The number of esters is 1. The highest BCUT2D eigenvalue weighted by atomic mass is 16.5. The number of nitrogen functional groups attached to an aromatic ring is 1. The number of rotatable bonds is 5. The zero-order valence-electron chi connectivity index (χ0n) is 9.91. The minimum absolute atomic E-state index is 0.215. The van der Waals surface area contributed by atoms with Crippen LogP contribution in [0.1, 0.15) is 19.0 Å². The molecule has 0 aliphatic carbocycles. The molecule has 0 aromatic carbocycles. The van der Waals surface area contributed by atoms with E-state index in [-0.39, 0.29) is 5.97 Å². The van der Waals surface area contributed by atoms with Crippen LogP contribution >= 0.6 is 0 Å². The van der Waals surface area contributed by atoms with Gasteiger partial charge in [-0.1, -0.05) is 0 Å². The molecule has 1 aromatic heterocycles. The summed E-state index contributed by atoms with van der Waals surface area (Å²) in [4.78, 5) is 11.1. The van der Waals surface area contributed by atoms with Crippen LogP contribution in [0.25, 0.3) is 0 Å². The second-order valence-corrected chi connectivity index (χ2v) is 3.45. The number of nitrogens with two attached hydrogens (primary N) is 1. The van der Waals surface area contributed by atoms with Crippen molar-refractivity contribution >= 4 is 17.5 Å². The Hall–Kier alpha value is -1.72. The second kappa shape index (κ2) is 5.39. The van der Waals surface area contributed by atoms with Gasteiger partial charge in [0.2, 0.25) is 0 Å². The van der Waals surface area contributed by atoms with Gasteiger partial charge in [0.05, 0.1) is 24.4 Å². The van der Waals surface area contributed by atoms with Gasteiger partial charge in [-0.3, -0.25) is 9.48 Å². The van der Waals surface area contributed by atoms with Gasteiger partial charge in [0.25, 0.3) is 0 Å². The fraction of sp³-hybridized carbons (Fsp3) is 0.600. The van der Waals surface area contributed by atoms with E-state index < -0.39 is 0 Å². The first-order chi connectivity index (χ1) is 7.56. The Morgan fingerprint density at radius 2 is 2.31 bits per heavy atom. The maximum absolute atomic E-state index is 11.1. The number of nitrogens with zero attached hydrogens (tertiary/aromatic N) is 2. The number of anilines is 2. The van der Waals surface area contributed by atoms with Gasteiger partial charge < -0.3 is 15.8 Å². The molecular weight excluding hydrogens is 208 g/mol. The summed E-state index contributed by atoms with van der Waals surface area (Å²) in [5.74, 6) is 0.522. The van der Waals surface area contributed by atoms with Crippen LogP contribution in [-0.4, -0.2) is 28.9 Å². The fourth-order valence-corrected chi connectivity index (χ4v) is 1.40. The Kier molecular flexibility index (Phi) is 4.16. The third kappa shape index (κ3) is 2.88. The number of carbonyl (C=O) groups is 1. The van der Waals surface area contributed by atoms with E-state index in [1.54, 1.807) is 18.7 Å². The molecule has 0 aliphatic heterocycles. The molecular formula is C10H18N4O2. The number of ether oxygens (including phenoxy) is 1. The molecule has 0 bridgehead atoms. The van der Waals surface area contributed by atoms with Crippen molar-refractivity contribution in [2.45, 2.75) is 20.3 Å². The van der Waals surface area contributed by atoms with Crippen molar-refractivity contribution in [3.63, 3.8) is 0 Å². The van der Waals surface area contributed by atoms with Crippen molar-refractivity contribution in [3.05, 3.63) is 5.69 Å². The number of hydrogen-bond donors (Lipinski definition) is 2. The molecule has 0 unspecified atom stereocenters. The minimum Gasteiger partial charge on any atom is -0.466 e. The van der Waals surface area contributed by atoms with Crippen molar-refractivity contribution in [1.82, 2.24) is 9.78 Å². The molecule has 1 aromatic rings. The first-order valence-corrected chi connectivity index (χ1v) is 5.24. The summed E-state index contributed by atoms with van der Waals surface area (Å²) < 4.78 is 6.48. The molecule has 1 rings (SSSR count). The van der Waals surface area contributed by atoms with Crippen molar-refractivity contribution < 1.29 is 9.53 Å². The minimum atomic E-state index is -0.215. The van der Waals surface area contributed by atoms with E-state index in [2.05, 4.69) is 10.4 Å². The zero-order valence-corrected chi connectivity index (χ0v) is 9.91. The molecule has 0 amide bonds. The predicted octanol–water partition coefficient (Wildman–Crippen LogP) is 0.676. The van der Waals surface area contributed by atoms with Crippen LogP contribution < -0.4 is 11.1 Å². The molecule has 0 saturated carbocycles. The SMILES string of the molecule is CCOC(=O)CCNc1c(N)c(C)nn1C. The van der Waals surface area contributed by atoms with E-state index in [0.29, 0.717) is 25.3 Å². The Morgan fingerprint density at radius 3 is 2.81 bits per heavy atom. The smallest absolute Gasteiger partial charge is 0.307 e. The molecule has 0 radical (unpaired) electrons. The Morgan fingerprint density at radius 1 is 1.62 bits per heavy atom. The molecule has 3 N–H and O–H groups in total. The number of hydrogen-bond acceptors (Lipinski definition) is 5. The second-order valence-electron chi connectivity index (χ2n) is 3.45. The van der Waals surface area contributed by atoms with Crippen LogP contribution in [0, 0.1) is 6.92 Å². The van der Waals surface area contributed by atoms with Crippen molar-refractivity contribution in [3.8, 4) is 0 Å². The van der Waals surface area contributed by atoms with Crippen LogP contribution in [0.2, 0.25) is 0 Å². The molecule has 6 nitrogen and oxygen atoms in total. The van der Waals surface area contributed by atoms with Gasteiger partial charge in [-0.25, -0.2) is 0 Å². The molecule has 1 heterocycles. The lowest BCUT2D eigenvalue weighted by Crippen LogP contribution is -2.13. The highest BCUT2D eigenvalue weighted by Gasteiger charge is 2.09. The van der Waals surface area contributed by atoms with Gasteiger partial charge in [-0.2, -0.15) is 5.10 Å². The van der Waals surface area contributed by atoms with Gasteiger partial charge in [-0.05, 0) is 13.8 Å². The van der Waals surface area contributed by atoms with Crippen LogP contribution in [0.5, 0.6) is 0 Å². The maximum atomic E-state index is 11.1. The quantitative estimate of drug-likeness (QED) is 0.721. The van der Waals surface area contributed by atoms with Gasteiger partial charge in [0.15, 0.2) is 0 Å². The summed E-state index contributed by atoms with van der Waals surface area (Å²) in [7, 11) is 1.80. The number of nitrogens with one attached hydrogen (secondary N) is 1. The molecule has 0 spiro atoms. The zero-order chi connectivity index (χ0) is 12.1.